The average molecular weight is 491 g/mol. The Balaban J connectivity index is 1.66. The molecule has 34 heavy (non-hydrogen) atoms. The smallest absolute Gasteiger partial charge is 0.416 e. The van der Waals surface area contributed by atoms with Gasteiger partial charge in [-0.2, -0.15) is 13.2 Å². The van der Waals surface area contributed by atoms with E-state index in [1.54, 1.807) is 38.5 Å². The van der Waals surface area contributed by atoms with Gasteiger partial charge in [0.05, 0.1) is 35.8 Å². The van der Waals surface area contributed by atoms with Crippen molar-refractivity contribution in [3.8, 4) is 17.2 Å². The van der Waals surface area contributed by atoms with E-state index in [0.717, 1.165) is 17.7 Å². The SMILES string of the molecule is COc1ccc(CCn2c(COc3ccccc3Cl)nc3cc(C(F)(F)F)ccc32)cc1OC. The Morgan fingerprint density at radius 1 is 0.912 bits per heavy atom. The van der Waals surface area contributed by atoms with Crippen molar-refractivity contribution in [3.05, 3.63) is 82.6 Å². The minimum atomic E-state index is -4.45. The van der Waals surface area contributed by atoms with Crippen molar-refractivity contribution >= 4 is 22.6 Å². The molecule has 4 aromatic rings. The number of halogens is 4. The highest BCUT2D eigenvalue weighted by molar-refractivity contribution is 6.32. The first-order valence-electron chi connectivity index (χ1n) is 10.4. The second-order valence-corrected chi connectivity index (χ2v) is 7.95. The highest BCUT2D eigenvalue weighted by Crippen LogP contribution is 2.33. The number of aromatic nitrogens is 2. The van der Waals surface area contributed by atoms with Gasteiger partial charge in [0.15, 0.2) is 11.5 Å². The van der Waals surface area contributed by atoms with Crippen LogP contribution in [-0.2, 0) is 25.7 Å². The molecule has 0 bridgehead atoms. The van der Waals surface area contributed by atoms with Crippen LogP contribution < -0.4 is 14.2 Å². The molecule has 178 valence electrons. The summed E-state index contributed by atoms with van der Waals surface area (Å²) in [7, 11) is 3.13. The summed E-state index contributed by atoms with van der Waals surface area (Å²) < 4.78 is 58.1. The van der Waals surface area contributed by atoms with Gasteiger partial charge >= 0.3 is 6.18 Å². The highest BCUT2D eigenvalue weighted by Gasteiger charge is 2.31. The number of aryl methyl sites for hydroxylation is 2. The minimum Gasteiger partial charge on any atom is -0.493 e. The summed E-state index contributed by atoms with van der Waals surface area (Å²) in [6.07, 6.45) is -3.86. The molecule has 0 N–H and O–H groups in total. The molecule has 0 aliphatic heterocycles. The van der Waals surface area contributed by atoms with Crippen LogP contribution in [0.15, 0.2) is 60.7 Å². The second kappa shape index (κ2) is 9.85. The summed E-state index contributed by atoms with van der Waals surface area (Å²) in [4.78, 5) is 4.46. The number of para-hydroxylation sites is 1. The molecule has 0 amide bonds. The number of benzene rings is 3. The third kappa shape index (κ3) is 5.07. The Labute approximate surface area is 199 Å². The van der Waals surface area contributed by atoms with E-state index in [-0.39, 0.29) is 12.1 Å². The van der Waals surface area contributed by atoms with Gasteiger partial charge in [-0.3, -0.25) is 0 Å². The summed E-state index contributed by atoms with van der Waals surface area (Å²) >= 11 is 6.18. The molecule has 0 saturated carbocycles. The fraction of sp³-hybridized carbons (Fsp3) is 0.240. The zero-order chi connectivity index (χ0) is 24.3. The molecule has 0 spiro atoms. The maximum Gasteiger partial charge on any atom is 0.416 e. The van der Waals surface area contributed by atoms with Gasteiger partial charge in [-0.1, -0.05) is 29.8 Å². The maximum atomic E-state index is 13.2. The van der Waals surface area contributed by atoms with Crippen LogP contribution in [-0.4, -0.2) is 23.8 Å². The fourth-order valence-electron chi connectivity index (χ4n) is 3.70. The molecule has 0 atom stereocenters. The monoisotopic (exact) mass is 490 g/mol. The van der Waals surface area contributed by atoms with E-state index >= 15 is 0 Å². The van der Waals surface area contributed by atoms with Crippen molar-refractivity contribution in [1.29, 1.82) is 0 Å². The van der Waals surface area contributed by atoms with E-state index in [9.17, 15) is 13.2 Å². The number of rotatable bonds is 8. The van der Waals surface area contributed by atoms with Crippen LogP contribution in [0.3, 0.4) is 0 Å². The number of hydrogen-bond donors (Lipinski definition) is 0. The van der Waals surface area contributed by atoms with E-state index < -0.39 is 11.7 Å². The molecule has 9 heteroatoms. The number of ether oxygens (including phenoxy) is 3. The fourth-order valence-corrected chi connectivity index (χ4v) is 3.89. The summed E-state index contributed by atoms with van der Waals surface area (Å²) in [5.74, 6) is 2.19. The van der Waals surface area contributed by atoms with Crippen molar-refractivity contribution in [3.63, 3.8) is 0 Å². The van der Waals surface area contributed by atoms with Gasteiger partial charge in [0.25, 0.3) is 0 Å². The lowest BCUT2D eigenvalue weighted by Gasteiger charge is -2.13. The van der Waals surface area contributed by atoms with E-state index in [2.05, 4.69) is 4.98 Å². The van der Waals surface area contributed by atoms with Gasteiger partial charge < -0.3 is 18.8 Å². The normalized spacial score (nSPS) is 11.6. The molecule has 1 aromatic heterocycles. The first kappa shape index (κ1) is 23.8. The number of methoxy groups -OCH3 is 2. The van der Waals surface area contributed by atoms with Crippen LogP contribution in [0.5, 0.6) is 17.2 Å². The molecule has 0 saturated heterocycles. The van der Waals surface area contributed by atoms with Crippen molar-refractivity contribution in [1.82, 2.24) is 9.55 Å². The Bertz CT molecular complexity index is 1300. The van der Waals surface area contributed by atoms with E-state index in [0.29, 0.717) is 46.6 Å². The predicted octanol–water partition coefficient (Wildman–Crippen LogP) is 6.55. The lowest BCUT2D eigenvalue weighted by Crippen LogP contribution is -2.09. The van der Waals surface area contributed by atoms with Gasteiger partial charge in [-0.15, -0.1) is 0 Å². The molecule has 3 aromatic carbocycles. The van der Waals surface area contributed by atoms with Crippen LogP contribution in [0.25, 0.3) is 11.0 Å². The second-order valence-electron chi connectivity index (χ2n) is 7.54. The molecule has 0 radical (unpaired) electrons. The van der Waals surface area contributed by atoms with Crippen LogP contribution >= 0.6 is 11.6 Å². The van der Waals surface area contributed by atoms with Gasteiger partial charge in [0.2, 0.25) is 0 Å². The number of hydrogen-bond acceptors (Lipinski definition) is 4. The third-order valence-electron chi connectivity index (χ3n) is 5.42. The van der Waals surface area contributed by atoms with Crippen LogP contribution in [0.4, 0.5) is 13.2 Å². The van der Waals surface area contributed by atoms with Crippen molar-refractivity contribution in [2.75, 3.05) is 14.2 Å². The Kier molecular flexibility index (Phi) is 6.88. The zero-order valence-electron chi connectivity index (χ0n) is 18.5. The first-order valence-corrected chi connectivity index (χ1v) is 10.8. The molecule has 5 nitrogen and oxygen atoms in total. The number of fused-ring (bicyclic) bond motifs is 1. The topological polar surface area (TPSA) is 45.5 Å². The van der Waals surface area contributed by atoms with Crippen molar-refractivity contribution in [2.24, 2.45) is 0 Å². The van der Waals surface area contributed by atoms with E-state index in [4.69, 9.17) is 25.8 Å². The van der Waals surface area contributed by atoms with Crippen LogP contribution in [0, 0.1) is 0 Å². The number of nitrogens with zero attached hydrogens (tertiary/aromatic N) is 2. The van der Waals surface area contributed by atoms with E-state index in [1.165, 1.54) is 6.07 Å². The molecular weight excluding hydrogens is 469 g/mol. The first-order chi connectivity index (χ1) is 16.3. The number of alkyl halides is 3. The number of imidazole rings is 1. The van der Waals surface area contributed by atoms with Crippen LogP contribution in [0.2, 0.25) is 5.02 Å². The Hall–Kier alpha value is -3.39. The third-order valence-corrected chi connectivity index (χ3v) is 5.73. The molecule has 0 aliphatic carbocycles. The van der Waals surface area contributed by atoms with Gasteiger partial charge in [-0.25, -0.2) is 4.98 Å². The standard InChI is InChI=1S/C25H22ClF3N2O3/c1-32-22-10-7-16(13-23(22)33-2)11-12-31-20-9-8-17(25(27,28)29)14-19(20)30-24(31)15-34-21-6-4-3-5-18(21)26/h3-10,13-14H,11-12,15H2,1-2H3. The lowest BCUT2D eigenvalue weighted by molar-refractivity contribution is -0.137. The van der Waals surface area contributed by atoms with Gasteiger partial charge in [0, 0.05) is 6.54 Å². The average Bonchev–Trinajstić information content (AvgIpc) is 3.18. The van der Waals surface area contributed by atoms with Crippen molar-refractivity contribution in [2.45, 2.75) is 25.7 Å². The highest BCUT2D eigenvalue weighted by atomic mass is 35.5. The van der Waals surface area contributed by atoms with Gasteiger partial charge in [-0.05, 0) is 54.4 Å². The largest absolute Gasteiger partial charge is 0.493 e. The quantitative estimate of drug-likeness (QED) is 0.281. The van der Waals surface area contributed by atoms with Crippen molar-refractivity contribution < 1.29 is 27.4 Å². The summed E-state index contributed by atoms with van der Waals surface area (Å²) in [5.41, 5.74) is 1.07. The lowest BCUT2D eigenvalue weighted by atomic mass is 10.1. The van der Waals surface area contributed by atoms with E-state index in [1.807, 2.05) is 22.8 Å². The van der Waals surface area contributed by atoms with Gasteiger partial charge in [0.1, 0.15) is 18.2 Å². The maximum absolute atomic E-state index is 13.2. The van der Waals surface area contributed by atoms with Crippen LogP contribution in [0.1, 0.15) is 17.0 Å². The Morgan fingerprint density at radius 2 is 1.68 bits per heavy atom. The molecular formula is C25H22ClF3N2O3. The summed E-state index contributed by atoms with van der Waals surface area (Å²) in [5, 5.41) is 0.440. The molecule has 0 unspecified atom stereocenters. The summed E-state index contributed by atoms with van der Waals surface area (Å²) in [6.45, 7) is 0.518. The zero-order valence-corrected chi connectivity index (χ0v) is 19.3. The molecule has 0 aliphatic rings. The molecule has 0 fully saturated rings. The molecule has 1 heterocycles. The Morgan fingerprint density at radius 3 is 2.38 bits per heavy atom. The minimum absolute atomic E-state index is 0.0473. The molecule has 4 rings (SSSR count). The summed E-state index contributed by atoms with van der Waals surface area (Å²) in [6, 6.07) is 16.2. The predicted molar refractivity (Wildman–Crippen MR) is 124 cm³/mol.